The Morgan fingerprint density at radius 1 is 0.243 bits per heavy atom. The lowest BCUT2D eigenvalue weighted by Gasteiger charge is -2.21. The SMILES string of the molecule is CCCCCCCCCCCCCCCCCCCCCCCC(=O)O[C@H](COC(=O)CCCCCCCCCCCCCCCCCCCCCC)COP(=O)(O)OC[C@@H](O)COP(=O)(O)OC[C@@H](COC(=O)CCCCCCCCCCCCCC)OC(=O)CCCCCCCCCCCCCCCCCC(C)C. The number of phosphoric ester groups is 2. The van der Waals surface area contributed by atoms with E-state index >= 15 is 0 Å². The molecule has 0 aliphatic heterocycles. The van der Waals surface area contributed by atoms with Gasteiger partial charge in [0.2, 0.25) is 0 Å². The molecule has 0 fully saturated rings. The molecule has 3 N–H and O–H groups in total. The topological polar surface area (TPSA) is 237 Å². The standard InChI is InChI=1S/C92H180O17P2/c1-6-9-12-15-18-21-24-27-29-31-33-35-37-39-43-47-52-57-62-67-72-77-91(96)109-88(82-103-90(95)76-71-66-61-56-51-46-42-38-36-34-32-30-28-25-22-19-16-13-10-7-2)84-107-111(100,101)105-80-86(93)79-104-110(98,99)106-83-87(81-102-89(94)75-70-65-60-55-50-26-23-20-17-14-11-8-3)108-92(97)78-73-68-63-58-53-48-44-40-41-45-49-54-59-64-69-74-85(4)5/h85-88,93H,6-84H2,1-5H3,(H,98,99)(H,100,101)/t86-,87+,88+/m0/s1. The second-order valence-electron chi connectivity index (χ2n) is 33.5. The van der Waals surface area contributed by atoms with Crippen molar-refractivity contribution in [3.05, 3.63) is 0 Å². The molecular weight excluding hydrogens is 1440 g/mol. The Balaban J connectivity index is 5.24. The summed E-state index contributed by atoms with van der Waals surface area (Å²) in [6.45, 7) is 7.43. The molecule has 5 atom stereocenters. The molecule has 0 aromatic rings. The first kappa shape index (κ1) is 109. The van der Waals surface area contributed by atoms with Gasteiger partial charge >= 0.3 is 39.5 Å². The van der Waals surface area contributed by atoms with Crippen LogP contribution in [0.15, 0.2) is 0 Å². The molecule has 111 heavy (non-hydrogen) atoms. The van der Waals surface area contributed by atoms with Crippen molar-refractivity contribution in [2.24, 2.45) is 5.92 Å². The highest BCUT2D eigenvalue weighted by Crippen LogP contribution is 2.45. The maximum Gasteiger partial charge on any atom is 0.472 e. The molecule has 0 spiro atoms. The molecule has 660 valence electrons. The minimum Gasteiger partial charge on any atom is -0.462 e. The van der Waals surface area contributed by atoms with Crippen molar-refractivity contribution in [3.63, 3.8) is 0 Å². The second kappa shape index (κ2) is 84.5. The number of rotatable bonds is 92. The Morgan fingerprint density at radius 3 is 0.613 bits per heavy atom. The van der Waals surface area contributed by atoms with Gasteiger partial charge in [-0.3, -0.25) is 37.3 Å². The molecule has 0 bridgehead atoms. The zero-order chi connectivity index (χ0) is 81.1. The molecule has 0 saturated heterocycles. The van der Waals surface area contributed by atoms with Gasteiger partial charge in [-0.1, -0.05) is 452 Å². The van der Waals surface area contributed by atoms with Crippen molar-refractivity contribution in [1.82, 2.24) is 0 Å². The van der Waals surface area contributed by atoms with Gasteiger partial charge in [0.25, 0.3) is 0 Å². The average Bonchev–Trinajstić information content (AvgIpc) is 0.905. The van der Waals surface area contributed by atoms with E-state index in [1.54, 1.807) is 0 Å². The molecule has 0 saturated carbocycles. The van der Waals surface area contributed by atoms with Crippen molar-refractivity contribution in [2.75, 3.05) is 39.6 Å². The van der Waals surface area contributed by atoms with Gasteiger partial charge in [0, 0.05) is 25.7 Å². The number of unbranched alkanes of at least 4 members (excludes halogenated alkanes) is 64. The summed E-state index contributed by atoms with van der Waals surface area (Å²) in [6, 6.07) is 0. The summed E-state index contributed by atoms with van der Waals surface area (Å²) in [5.41, 5.74) is 0. The Bertz CT molecular complexity index is 2100. The van der Waals surface area contributed by atoms with Gasteiger partial charge in [0.05, 0.1) is 26.4 Å². The fourth-order valence-corrected chi connectivity index (χ4v) is 16.1. The van der Waals surface area contributed by atoms with Crippen LogP contribution in [-0.4, -0.2) is 96.7 Å². The number of carbonyl (C=O) groups excluding carboxylic acids is 4. The van der Waals surface area contributed by atoms with Crippen molar-refractivity contribution in [2.45, 2.75) is 522 Å². The van der Waals surface area contributed by atoms with E-state index in [1.807, 2.05) is 0 Å². The summed E-state index contributed by atoms with van der Waals surface area (Å²) in [5, 5.41) is 10.7. The third-order valence-electron chi connectivity index (χ3n) is 21.8. The number of aliphatic hydroxyl groups excluding tert-OH is 1. The number of aliphatic hydroxyl groups is 1. The van der Waals surface area contributed by atoms with Gasteiger partial charge in [-0.15, -0.1) is 0 Å². The van der Waals surface area contributed by atoms with Crippen LogP contribution in [0, 0.1) is 5.92 Å². The lowest BCUT2D eigenvalue weighted by molar-refractivity contribution is -0.161. The molecule has 0 heterocycles. The molecule has 0 aliphatic carbocycles. The van der Waals surface area contributed by atoms with E-state index in [9.17, 15) is 43.2 Å². The molecule has 0 aromatic carbocycles. The molecule has 0 amide bonds. The number of phosphoric acid groups is 2. The Hall–Kier alpha value is -1.94. The molecule has 0 rings (SSSR count). The normalized spacial score (nSPS) is 13.7. The van der Waals surface area contributed by atoms with E-state index in [2.05, 4.69) is 34.6 Å². The number of hydrogen-bond acceptors (Lipinski definition) is 15. The van der Waals surface area contributed by atoms with E-state index in [1.165, 1.54) is 327 Å². The fraction of sp³-hybridized carbons (Fsp3) is 0.957. The van der Waals surface area contributed by atoms with Crippen LogP contribution in [0.4, 0.5) is 0 Å². The van der Waals surface area contributed by atoms with Crippen molar-refractivity contribution in [3.8, 4) is 0 Å². The third kappa shape index (κ3) is 85.8. The number of ether oxygens (including phenoxy) is 4. The monoisotopic (exact) mass is 1620 g/mol. The molecule has 19 heteroatoms. The van der Waals surface area contributed by atoms with Gasteiger partial charge in [0.1, 0.15) is 19.3 Å². The van der Waals surface area contributed by atoms with Gasteiger partial charge in [-0.25, -0.2) is 9.13 Å². The Kier molecular flexibility index (Phi) is 83.0. The van der Waals surface area contributed by atoms with E-state index in [0.717, 1.165) is 95.8 Å². The van der Waals surface area contributed by atoms with Crippen LogP contribution in [0.5, 0.6) is 0 Å². The minimum atomic E-state index is -4.97. The van der Waals surface area contributed by atoms with Crippen LogP contribution in [0.2, 0.25) is 0 Å². The van der Waals surface area contributed by atoms with E-state index in [-0.39, 0.29) is 25.7 Å². The van der Waals surface area contributed by atoms with E-state index < -0.39 is 97.5 Å². The summed E-state index contributed by atoms with van der Waals surface area (Å²) in [4.78, 5) is 73.5. The largest absolute Gasteiger partial charge is 0.472 e. The first-order valence-corrected chi connectivity index (χ1v) is 50.6. The van der Waals surface area contributed by atoms with Crippen molar-refractivity contribution in [1.29, 1.82) is 0 Å². The van der Waals surface area contributed by atoms with Crippen LogP contribution in [0.25, 0.3) is 0 Å². The van der Waals surface area contributed by atoms with E-state index in [4.69, 9.17) is 37.0 Å². The van der Waals surface area contributed by atoms with Crippen molar-refractivity contribution < 1.29 is 80.2 Å². The maximum absolute atomic E-state index is 13.2. The molecule has 17 nitrogen and oxygen atoms in total. The van der Waals surface area contributed by atoms with Gasteiger partial charge < -0.3 is 33.8 Å². The third-order valence-corrected chi connectivity index (χ3v) is 23.7. The highest BCUT2D eigenvalue weighted by atomic mass is 31.2. The fourth-order valence-electron chi connectivity index (χ4n) is 14.5. The van der Waals surface area contributed by atoms with Gasteiger partial charge in [0.15, 0.2) is 12.2 Å². The maximum atomic E-state index is 13.2. The summed E-state index contributed by atoms with van der Waals surface area (Å²) in [5.74, 6) is -1.29. The quantitative estimate of drug-likeness (QED) is 0.0222. The Morgan fingerprint density at radius 2 is 0.414 bits per heavy atom. The minimum absolute atomic E-state index is 0.109. The lowest BCUT2D eigenvalue weighted by Crippen LogP contribution is -2.30. The zero-order valence-corrected chi connectivity index (χ0v) is 74.9. The number of esters is 4. The van der Waals surface area contributed by atoms with Crippen molar-refractivity contribution >= 4 is 39.5 Å². The number of hydrogen-bond donors (Lipinski definition) is 3. The average molecular weight is 1620 g/mol. The predicted molar refractivity (Wildman–Crippen MR) is 460 cm³/mol. The van der Waals surface area contributed by atoms with Crippen LogP contribution in [0.1, 0.15) is 503 Å². The van der Waals surface area contributed by atoms with Gasteiger partial charge in [-0.05, 0) is 31.6 Å². The summed E-state index contributed by atoms with van der Waals surface area (Å²) < 4.78 is 69.1. The first-order chi connectivity index (χ1) is 54.0. The Labute approximate surface area is 683 Å². The summed E-state index contributed by atoms with van der Waals surface area (Å²) >= 11 is 0. The van der Waals surface area contributed by atoms with Crippen LogP contribution >= 0.6 is 15.6 Å². The highest BCUT2D eigenvalue weighted by molar-refractivity contribution is 7.47. The van der Waals surface area contributed by atoms with E-state index in [0.29, 0.717) is 25.7 Å². The lowest BCUT2D eigenvalue weighted by atomic mass is 10.0. The molecule has 2 unspecified atom stereocenters. The molecule has 0 radical (unpaired) electrons. The molecule has 0 aliphatic rings. The van der Waals surface area contributed by atoms with Crippen LogP contribution < -0.4 is 0 Å². The van der Waals surface area contributed by atoms with Crippen LogP contribution in [0.3, 0.4) is 0 Å². The van der Waals surface area contributed by atoms with Crippen LogP contribution in [-0.2, 0) is 65.4 Å². The smallest absolute Gasteiger partial charge is 0.462 e. The molecular formula is C92H180O17P2. The zero-order valence-electron chi connectivity index (χ0n) is 73.1. The second-order valence-corrected chi connectivity index (χ2v) is 36.4. The first-order valence-electron chi connectivity index (χ1n) is 47.6. The van der Waals surface area contributed by atoms with Gasteiger partial charge in [-0.2, -0.15) is 0 Å². The summed E-state index contributed by atoms with van der Waals surface area (Å²) in [6.07, 6.45) is 80.6. The summed E-state index contributed by atoms with van der Waals surface area (Å²) in [7, 11) is -9.94. The predicted octanol–water partition coefficient (Wildman–Crippen LogP) is 28.7. The molecule has 0 aromatic heterocycles. The highest BCUT2D eigenvalue weighted by Gasteiger charge is 2.31. The number of carbonyl (C=O) groups is 4.